The summed E-state index contributed by atoms with van der Waals surface area (Å²) in [7, 11) is 0. The minimum Gasteiger partial charge on any atom is -0.478 e. The minimum atomic E-state index is 0.587. The summed E-state index contributed by atoms with van der Waals surface area (Å²) < 4.78 is 5.48. The molecule has 0 fully saturated rings. The monoisotopic (exact) mass is 272 g/mol. The largest absolute Gasteiger partial charge is 0.478 e. The molecule has 1 aromatic carbocycles. The van der Waals surface area contributed by atoms with Crippen LogP contribution in [0.15, 0.2) is 36.7 Å². The SMILES string of the molecule is CCCOc1cc(Nc2ccc(CCN)cc2)ncn1. The number of hydrogen-bond acceptors (Lipinski definition) is 5. The first kappa shape index (κ1) is 14.3. The zero-order valence-corrected chi connectivity index (χ0v) is 11.7. The molecule has 0 bridgehead atoms. The van der Waals surface area contributed by atoms with Gasteiger partial charge in [0.15, 0.2) is 0 Å². The van der Waals surface area contributed by atoms with Crippen LogP contribution >= 0.6 is 0 Å². The van der Waals surface area contributed by atoms with Gasteiger partial charge in [-0.25, -0.2) is 9.97 Å². The van der Waals surface area contributed by atoms with Crippen LogP contribution in [0.2, 0.25) is 0 Å². The number of benzene rings is 1. The Labute approximate surface area is 119 Å². The molecule has 20 heavy (non-hydrogen) atoms. The Morgan fingerprint density at radius 3 is 2.70 bits per heavy atom. The molecule has 1 aromatic heterocycles. The molecule has 0 atom stereocenters. The zero-order chi connectivity index (χ0) is 14.2. The van der Waals surface area contributed by atoms with Gasteiger partial charge in [-0.05, 0) is 37.1 Å². The molecule has 5 nitrogen and oxygen atoms in total. The van der Waals surface area contributed by atoms with Gasteiger partial charge in [0.05, 0.1) is 6.61 Å². The van der Waals surface area contributed by atoms with Crippen molar-refractivity contribution in [2.24, 2.45) is 5.73 Å². The zero-order valence-electron chi connectivity index (χ0n) is 11.7. The molecule has 0 aliphatic heterocycles. The lowest BCUT2D eigenvalue weighted by atomic mass is 10.1. The Hall–Kier alpha value is -2.14. The second kappa shape index (κ2) is 7.45. The number of nitrogens with one attached hydrogen (secondary N) is 1. The summed E-state index contributed by atoms with van der Waals surface area (Å²) in [5.41, 5.74) is 7.74. The van der Waals surface area contributed by atoms with E-state index in [1.54, 1.807) is 6.07 Å². The first-order valence-corrected chi connectivity index (χ1v) is 6.82. The van der Waals surface area contributed by atoms with Gasteiger partial charge in [0, 0.05) is 11.8 Å². The van der Waals surface area contributed by atoms with Gasteiger partial charge in [0.1, 0.15) is 12.1 Å². The fraction of sp³-hybridized carbons (Fsp3) is 0.333. The van der Waals surface area contributed by atoms with Gasteiger partial charge < -0.3 is 15.8 Å². The Morgan fingerprint density at radius 2 is 2.00 bits per heavy atom. The van der Waals surface area contributed by atoms with Gasteiger partial charge in [-0.15, -0.1) is 0 Å². The maximum absolute atomic E-state index is 5.53. The number of aromatic nitrogens is 2. The molecular formula is C15H20N4O. The van der Waals surface area contributed by atoms with Crippen LogP contribution in [0.25, 0.3) is 0 Å². The van der Waals surface area contributed by atoms with E-state index < -0.39 is 0 Å². The molecule has 3 N–H and O–H groups in total. The van der Waals surface area contributed by atoms with Gasteiger partial charge >= 0.3 is 0 Å². The number of nitrogens with zero attached hydrogens (tertiary/aromatic N) is 2. The molecule has 2 aromatic rings. The summed E-state index contributed by atoms with van der Waals surface area (Å²) in [4.78, 5) is 8.25. The third-order valence-corrected chi connectivity index (χ3v) is 2.76. The van der Waals surface area contributed by atoms with Crippen molar-refractivity contribution in [3.8, 4) is 5.88 Å². The van der Waals surface area contributed by atoms with Crippen molar-refractivity contribution in [1.82, 2.24) is 9.97 Å². The lowest BCUT2D eigenvalue weighted by molar-refractivity contribution is 0.305. The first-order chi connectivity index (χ1) is 9.81. The van der Waals surface area contributed by atoms with Crippen LogP contribution in [-0.2, 0) is 6.42 Å². The average molecular weight is 272 g/mol. The van der Waals surface area contributed by atoms with Crippen molar-refractivity contribution in [1.29, 1.82) is 0 Å². The second-order valence-corrected chi connectivity index (χ2v) is 4.45. The van der Waals surface area contributed by atoms with Crippen molar-refractivity contribution >= 4 is 11.5 Å². The molecule has 0 spiro atoms. The Kier molecular flexibility index (Phi) is 5.32. The molecule has 0 saturated carbocycles. The molecule has 0 saturated heterocycles. The maximum Gasteiger partial charge on any atom is 0.218 e. The van der Waals surface area contributed by atoms with Crippen molar-refractivity contribution in [3.63, 3.8) is 0 Å². The highest BCUT2D eigenvalue weighted by Gasteiger charge is 2.00. The summed E-state index contributed by atoms with van der Waals surface area (Å²) in [5.74, 6) is 1.31. The van der Waals surface area contributed by atoms with Crippen LogP contribution in [0.1, 0.15) is 18.9 Å². The normalized spacial score (nSPS) is 10.3. The molecular weight excluding hydrogens is 252 g/mol. The summed E-state index contributed by atoms with van der Waals surface area (Å²) in [6.07, 6.45) is 3.34. The fourth-order valence-corrected chi connectivity index (χ4v) is 1.76. The lowest BCUT2D eigenvalue weighted by Crippen LogP contribution is -2.03. The van der Waals surface area contributed by atoms with Crippen molar-refractivity contribution < 1.29 is 4.74 Å². The van der Waals surface area contributed by atoms with Gasteiger partial charge in [-0.1, -0.05) is 19.1 Å². The number of rotatable bonds is 7. The molecule has 0 aliphatic carbocycles. The second-order valence-electron chi connectivity index (χ2n) is 4.45. The van der Waals surface area contributed by atoms with Crippen molar-refractivity contribution in [3.05, 3.63) is 42.2 Å². The third-order valence-electron chi connectivity index (χ3n) is 2.76. The first-order valence-electron chi connectivity index (χ1n) is 6.82. The van der Waals surface area contributed by atoms with E-state index in [1.165, 1.54) is 11.9 Å². The molecule has 2 rings (SSSR count). The van der Waals surface area contributed by atoms with E-state index in [0.29, 0.717) is 19.0 Å². The van der Waals surface area contributed by atoms with E-state index in [1.807, 2.05) is 12.1 Å². The van der Waals surface area contributed by atoms with E-state index in [2.05, 4.69) is 34.3 Å². The van der Waals surface area contributed by atoms with Crippen LogP contribution in [-0.4, -0.2) is 23.1 Å². The van der Waals surface area contributed by atoms with Crippen molar-refractivity contribution in [2.45, 2.75) is 19.8 Å². The van der Waals surface area contributed by atoms with E-state index in [-0.39, 0.29) is 0 Å². The van der Waals surface area contributed by atoms with Gasteiger partial charge in [0.2, 0.25) is 5.88 Å². The van der Waals surface area contributed by atoms with Crippen molar-refractivity contribution in [2.75, 3.05) is 18.5 Å². The molecule has 0 radical (unpaired) electrons. The quantitative estimate of drug-likeness (QED) is 0.810. The number of anilines is 2. The van der Waals surface area contributed by atoms with Crippen LogP contribution in [0.5, 0.6) is 5.88 Å². The Morgan fingerprint density at radius 1 is 1.20 bits per heavy atom. The Balaban J connectivity index is 2.01. The average Bonchev–Trinajstić information content (AvgIpc) is 2.48. The third kappa shape index (κ3) is 4.20. The minimum absolute atomic E-state index is 0.587. The standard InChI is InChI=1S/C15H20N4O/c1-2-9-20-15-10-14(17-11-18-15)19-13-5-3-12(4-6-13)7-8-16/h3-6,10-11H,2,7-9,16H2,1H3,(H,17,18,19). The Bertz CT molecular complexity index is 528. The summed E-state index contributed by atoms with van der Waals surface area (Å²) >= 11 is 0. The molecule has 0 aliphatic rings. The molecule has 0 unspecified atom stereocenters. The fourth-order valence-electron chi connectivity index (χ4n) is 1.76. The molecule has 106 valence electrons. The van der Waals surface area contributed by atoms with E-state index in [4.69, 9.17) is 10.5 Å². The molecule has 5 heteroatoms. The maximum atomic E-state index is 5.53. The van der Waals surface area contributed by atoms with E-state index in [9.17, 15) is 0 Å². The lowest BCUT2D eigenvalue weighted by Gasteiger charge is -2.08. The van der Waals surface area contributed by atoms with Crippen LogP contribution in [0.3, 0.4) is 0 Å². The molecule has 1 heterocycles. The van der Waals surface area contributed by atoms with Crippen LogP contribution in [0, 0.1) is 0 Å². The highest BCUT2D eigenvalue weighted by Crippen LogP contribution is 2.18. The molecule has 0 amide bonds. The topological polar surface area (TPSA) is 73.1 Å². The number of ether oxygens (including phenoxy) is 1. The summed E-state index contributed by atoms with van der Waals surface area (Å²) in [6, 6.07) is 9.94. The summed E-state index contributed by atoms with van der Waals surface area (Å²) in [5, 5.41) is 3.23. The van der Waals surface area contributed by atoms with Crippen LogP contribution in [0.4, 0.5) is 11.5 Å². The van der Waals surface area contributed by atoms with Gasteiger partial charge in [0.25, 0.3) is 0 Å². The van der Waals surface area contributed by atoms with Gasteiger partial charge in [-0.2, -0.15) is 0 Å². The van der Waals surface area contributed by atoms with Gasteiger partial charge in [-0.3, -0.25) is 0 Å². The predicted molar refractivity (Wildman–Crippen MR) is 80.3 cm³/mol. The number of hydrogen-bond donors (Lipinski definition) is 2. The highest BCUT2D eigenvalue weighted by atomic mass is 16.5. The van der Waals surface area contributed by atoms with E-state index >= 15 is 0 Å². The number of nitrogens with two attached hydrogens (primary N) is 1. The van der Waals surface area contributed by atoms with E-state index in [0.717, 1.165) is 24.3 Å². The predicted octanol–water partition coefficient (Wildman–Crippen LogP) is 2.51. The van der Waals surface area contributed by atoms with Crippen LogP contribution < -0.4 is 15.8 Å². The smallest absolute Gasteiger partial charge is 0.218 e. The summed E-state index contributed by atoms with van der Waals surface area (Å²) in [6.45, 7) is 3.38. The highest BCUT2D eigenvalue weighted by molar-refractivity contribution is 5.56.